The van der Waals surface area contributed by atoms with Gasteiger partial charge in [0.05, 0.1) is 0 Å². The van der Waals surface area contributed by atoms with E-state index in [1.54, 1.807) is 20.0 Å². The summed E-state index contributed by atoms with van der Waals surface area (Å²) in [6.45, 7) is 3.76. The highest BCUT2D eigenvalue weighted by Crippen LogP contribution is 2.20. The Morgan fingerprint density at radius 2 is 1.12 bits per heavy atom. The van der Waals surface area contributed by atoms with Crippen molar-refractivity contribution in [2.45, 2.75) is 39.9 Å². The zero-order valence-corrected chi connectivity index (χ0v) is 18.2. The minimum Gasteiger partial charge on any atom is -0.377 e. The molecule has 0 saturated heterocycles. The molecule has 0 rings (SSSR count). The van der Waals surface area contributed by atoms with Crippen LogP contribution in [0.25, 0.3) is 0 Å². The van der Waals surface area contributed by atoms with Crippen molar-refractivity contribution < 1.29 is 45.9 Å². The highest BCUT2D eigenvalue weighted by Gasteiger charge is 2.41. The first-order valence-electron chi connectivity index (χ1n) is 6.92. The van der Waals surface area contributed by atoms with E-state index in [4.69, 9.17) is 41.1 Å². The predicted octanol–water partition coefficient (Wildman–Crippen LogP) is 1.25. The molecule has 0 heterocycles. The average Bonchev–Trinajstić information content (AvgIpc) is 2.61. The molecule has 1 N–H and O–H groups in total. The lowest BCUT2D eigenvalue weighted by molar-refractivity contribution is -0.325. The van der Waals surface area contributed by atoms with E-state index in [-0.39, 0.29) is 7.43 Å². The number of methoxy groups -OCH3 is 3. The molecule has 0 saturated carbocycles. The minimum absolute atomic E-state index is 0. The molecule has 25 heavy (non-hydrogen) atoms. The second kappa shape index (κ2) is 14.1. The van der Waals surface area contributed by atoms with Gasteiger partial charge in [-0.3, -0.25) is 0 Å². The molecule has 0 aromatic heterocycles. The summed E-state index contributed by atoms with van der Waals surface area (Å²) in [6.07, 6.45) is 0. The van der Waals surface area contributed by atoms with Crippen molar-refractivity contribution in [2.24, 2.45) is 0 Å². The van der Waals surface area contributed by atoms with Gasteiger partial charge in [0.15, 0.2) is 0 Å². The van der Waals surface area contributed by atoms with Gasteiger partial charge in [0, 0.05) is 69.8 Å². The van der Waals surface area contributed by atoms with E-state index in [1.165, 1.54) is 49.8 Å². The Bertz CT molecular complexity index is 293. The van der Waals surface area contributed by atoms with Gasteiger partial charge in [0.25, 0.3) is 12.4 Å². The quantitative estimate of drug-likeness (QED) is 0.397. The topological polar surface area (TPSA) is 103 Å². The van der Waals surface area contributed by atoms with Crippen molar-refractivity contribution in [1.82, 2.24) is 0 Å². The molecule has 0 bridgehead atoms. The monoisotopic (exact) mass is 408 g/mol. The molecule has 0 aliphatic heterocycles. The molecule has 1 unspecified atom stereocenters. The van der Waals surface area contributed by atoms with Crippen molar-refractivity contribution in [3.63, 3.8) is 0 Å². The smallest absolute Gasteiger partial charge is 0.377 e. The fourth-order valence-corrected chi connectivity index (χ4v) is 3.08. The van der Waals surface area contributed by atoms with Gasteiger partial charge < -0.3 is 45.9 Å². The van der Waals surface area contributed by atoms with Crippen LogP contribution in [-0.2, 0) is 40.8 Å². The van der Waals surface area contributed by atoms with E-state index in [2.05, 4.69) is 4.74 Å². The summed E-state index contributed by atoms with van der Waals surface area (Å²) in [6, 6.07) is 0. The second-order valence-electron chi connectivity index (χ2n) is 4.57. The highest BCUT2D eigenvalue weighted by atomic mass is 28.4. The first kappa shape index (κ1) is 29.8. The van der Waals surface area contributed by atoms with Gasteiger partial charge in [0.2, 0.25) is 0 Å². The Labute approximate surface area is 153 Å². The van der Waals surface area contributed by atoms with Crippen molar-refractivity contribution in [2.75, 3.05) is 49.8 Å². The summed E-state index contributed by atoms with van der Waals surface area (Å²) >= 11 is 0. The molecule has 0 fully saturated rings. The Balaban J connectivity index is -0.000000377. The van der Waals surface area contributed by atoms with Crippen LogP contribution in [0.1, 0.15) is 14.4 Å². The first-order chi connectivity index (χ1) is 11.0. The standard InChI is InChI=1S/C7H18O5Si.C5H14O5Si.CH4/c1-7(8-2,9-3)12-13(6,10-4)11-5;1-7-5(6)10-11(4,8-2)9-3;/h1-6H3;5-6H,1-4H3;1H4. The predicted molar refractivity (Wildman–Crippen MR) is 95.6 cm³/mol. The maximum Gasteiger partial charge on any atom is 0.501 e. The van der Waals surface area contributed by atoms with E-state index in [0.29, 0.717) is 0 Å². The molecule has 156 valence electrons. The highest BCUT2D eigenvalue weighted by molar-refractivity contribution is 6.59. The van der Waals surface area contributed by atoms with E-state index >= 15 is 0 Å². The average molecular weight is 409 g/mol. The van der Waals surface area contributed by atoms with Crippen LogP contribution >= 0.6 is 0 Å². The Hall–Kier alpha value is 0.0338. The Morgan fingerprint density at radius 3 is 1.36 bits per heavy atom. The van der Waals surface area contributed by atoms with Crippen molar-refractivity contribution in [1.29, 1.82) is 0 Å². The molecule has 0 aromatic carbocycles. The van der Waals surface area contributed by atoms with Crippen LogP contribution in [0.5, 0.6) is 0 Å². The number of aliphatic hydroxyl groups is 1. The molecular weight excluding hydrogens is 372 g/mol. The van der Waals surface area contributed by atoms with Gasteiger partial charge in [-0.25, -0.2) is 0 Å². The number of hydrogen-bond acceptors (Lipinski definition) is 10. The van der Waals surface area contributed by atoms with Crippen molar-refractivity contribution in [3.05, 3.63) is 0 Å². The number of hydrogen-bond donors (Lipinski definition) is 1. The fourth-order valence-electron chi connectivity index (χ4n) is 1.08. The van der Waals surface area contributed by atoms with Crippen LogP contribution in [0.4, 0.5) is 0 Å². The molecule has 0 aliphatic rings. The van der Waals surface area contributed by atoms with Crippen LogP contribution in [-0.4, -0.2) is 84.9 Å². The van der Waals surface area contributed by atoms with Crippen molar-refractivity contribution >= 4 is 17.6 Å². The zero-order chi connectivity index (χ0) is 19.4. The lowest BCUT2D eigenvalue weighted by atomic mass is 10.7. The lowest BCUT2D eigenvalue weighted by Gasteiger charge is -2.33. The summed E-state index contributed by atoms with van der Waals surface area (Å²) in [5.74, 6) is -1.12. The molecule has 0 spiro atoms. The van der Waals surface area contributed by atoms with E-state index in [9.17, 15) is 0 Å². The fraction of sp³-hybridized carbons (Fsp3) is 1.00. The largest absolute Gasteiger partial charge is 0.501 e. The Kier molecular flexibility index (Phi) is 16.8. The van der Waals surface area contributed by atoms with Gasteiger partial charge in [-0.15, -0.1) is 0 Å². The SMILES string of the molecule is C.COC(C)(OC)O[Si](C)(OC)OC.COC(O)O[Si](C)(OC)OC. The molecule has 1 atom stereocenters. The third-order valence-corrected chi connectivity index (χ3v) is 7.45. The normalized spacial score (nSPS) is 13.6. The third kappa shape index (κ3) is 12.1. The number of ether oxygens (including phenoxy) is 3. The van der Waals surface area contributed by atoms with Crippen LogP contribution in [0, 0.1) is 0 Å². The summed E-state index contributed by atoms with van der Waals surface area (Å²) in [5, 5.41) is 8.89. The zero-order valence-electron chi connectivity index (χ0n) is 16.2. The summed E-state index contributed by atoms with van der Waals surface area (Å²) in [7, 11) is 4.99. The molecule has 12 heteroatoms. The Morgan fingerprint density at radius 1 is 0.760 bits per heavy atom. The summed E-state index contributed by atoms with van der Waals surface area (Å²) in [4.78, 5) is 0. The lowest BCUT2D eigenvalue weighted by Crippen LogP contribution is -2.50. The summed E-state index contributed by atoms with van der Waals surface area (Å²) in [5.41, 5.74) is 0. The van der Waals surface area contributed by atoms with Crippen LogP contribution in [0.15, 0.2) is 0 Å². The van der Waals surface area contributed by atoms with Gasteiger partial charge in [-0.05, 0) is 0 Å². The molecule has 10 nitrogen and oxygen atoms in total. The van der Waals surface area contributed by atoms with Crippen molar-refractivity contribution in [3.8, 4) is 0 Å². The summed E-state index contributed by atoms with van der Waals surface area (Å²) < 4.78 is 44.9. The van der Waals surface area contributed by atoms with Gasteiger partial charge in [-0.1, -0.05) is 7.43 Å². The molecule has 0 amide bonds. The van der Waals surface area contributed by atoms with E-state index in [0.717, 1.165) is 0 Å². The van der Waals surface area contributed by atoms with Gasteiger partial charge >= 0.3 is 17.6 Å². The first-order valence-corrected chi connectivity index (χ1v) is 11.4. The van der Waals surface area contributed by atoms with E-state index < -0.39 is 30.1 Å². The minimum atomic E-state index is -2.66. The van der Waals surface area contributed by atoms with Crippen LogP contribution in [0.2, 0.25) is 13.1 Å². The maximum absolute atomic E-state index is 8.89. The number of rotatable bonds is 11. The second-order valence-corrected chi connectivity index (χ2v) is 10.1. The third-order valence-electron chi connectivity index (χ3n) is 3.11. The van der Waals surface area contributed by atoms with Gasteiger partial charge in [-0.2, -0.15) is 0 Å². The van der Waals surface area contributed by atoms with E-state index in [1.807, 2.05) is 0 Å². The molecular formula is C13H36O10Si2. The van der Waals surface area contributed by atoms with Gasteiger partial charge in [0.1, 0.15) is 0 Å². The number of aliphatic hydroxyl groups excluding tert-OH is 1. The molecule has 0 aliphatic carbocycles. The van der Waals surface area contributed by atoms with Crippen LogP contribution < -0.4 is 0 Å². The molecule has 0 radical (unpaired) electrons. The molecule has 0 aromatic rings. The van der Waals surface area contributed by atoms with Crippen LogP contribution in [0.3, 0.4) is 0 Å². The maximum atomic E-state index is 8.89.